The van der Waals surface area contributed by atoms with Crippen molar-refractivity contribution < 1.29 is 9.59 Å². The van der Waals surface area contributed by atoms with Crippen LogP contribution in [0.25, 0.3) is 11.0 Å². The number of H-pyrrole nitrogens is 1. The number of carbonyl (C=O) groups excluding carboxylic acids is 2. The fraction of sp³-hybridized carbons (Fsp3) is 0.500. The van der Waals surface area contributed by atoms with Gasteiger partial charge in [0.2, 0.25) is 22.1 Å². The van der Waals surface area contributed by atoms with Gasteiger partial charge in [-0.15, -0.1) is 10.2 Å². The number of aromatic amines is 1. The number of fused-ring (bicyclic) bond motifs is 1. The van der Waals surface area contributed by atoms with E-state index in [0.29, 0.717) is 24.5 Å². The van der Waals surface area contributed by atoms with Crippen molar-refractivity contribution in [2.24, 2.45) is 5.92 Å². The second-order valence-corrected chi connectivity index (χ2v) is 9.46. The van der Waals surface area contributed by atoms with E-state index < -0.39 is 0 Å². The number of aryl methyl sites for hydroxylation is 1. The highest BCUT2D eigenvalue weighted by molar-refractivity contribution is 7.19. The molecule has 2 aliphatic rings. The lowest BCUT2D eigenvalue weighted by Crippen LogP contribution is -2.41. The van der Waals surface area contributed by atoms with Gasteiger partial charge in [-0.2, -0.15) is 0 Å². The molecule has 2 amide bonds. The zero-order valence-electron chi connectivity index (χ0n) is 18.1. The molecule has 3 aromatic rings. The van der Waals surface area contributed by atoms with Gasteiger partial charge in [0, 0.05) is 44.9 Å². The maximum Gasteiger partial charge on any atom is 0.228 e. The Bertz CT molecular complexity index is 1130. The normalized spacial score (nSPS) is 17.5. The van der Waals surface area contributed by atoms with Gasteiger partial charge < -0.3 is 15.2 Å². The van der Waals surface area contributed by atoms with Crippen molar-refractivity contribution >= 4 is 44.4 Å². The zero-order chi connectivity index (χ0) is 22.1. The van der Waals surface area contributed by atoms with Crippen LogP contribution in [-0.4, -0.2) is 58.2 Å². The van der Waals surface area contributed by atoms with Gasteiger partial charge >= 0.3 is 0 Å². The monoisotopic (exact) mass is 453 g/mol. The maximum absolute atomic E-state index is 12.6. The number of hydrogen-bond donors (Lipinski definition) is 2. The fourth-order valence-corrected chi connectivity index (χ4v) is 5.31. The largest absolute Gasteiger partial charge is 0.355 e. The minimum atomic E-state index is 0.0112. The Morgan fingerprint density at radius 3 is 2.81 bits per heavy atom. The second-order valence-electron chi connectivity index (χ2n) is 8.52. The van der Waals surface area contributed by atoms with Crippen LogP contribution >= 0.6 is 11.3 Å². The Labute approximate surface area is 190 Å². The third-order valence-electron chi connectivity index (χ3n) is 6.19. The standard InChI is InChI=1S/C22H27N7O2S/c1-14-4-5-16-17(13-14)25-18(24-16)6-9-23-20(31)15-7-11-28(12-8-15)21-26-27-22(32-21)29-10-2-3-19(29)30/h4-5,13,15H,2-3,6-12H2,1H3,(H,23,31)(H,24,25). The summed E-state index contributed by atoms with van der Waals surface area (Å²) in [6.07, 6.45) is 3.72. The molecule has 0 atom stereocenters. The predicted molar refractivity (Wildman–Crippen MR) is 124 cm³/mol. The summed E-state index contributed by atoms with van der Waals surface area (Å²) in [6, 6.07) is 6.15. The summed E-state index contributed by atoms with van der Waals surface area (Å²) in [5.41, 5.74) is 3.19. The molecule has 4 heterocycles. The van der Waals surface area contributed by atoms with Gasteiger partial charge in [0.1, 0.15) is 5.82 Å². The molecule has 5 rings (SSSR count). The van der Waals surface area contributed by atoms with Gasteiger partial charge in [-0.1, -0.05) is 17.4 Å². The molecular weight excluding hydrogens is 426 g/mol. The van der Waals surface area contributed by atoms with E-state index in [0.717, 1.165) is 60.9 Å². The maximum atomic E-state index is 12.6. The Morgan fingerprint density at radius 2 is 2.03 bits per heavy atom. The van der Waals surface area contributed by atoms with Crippen molar-refractivity contribution in [1.29, 1.82) is 0 Å². The van der Waals surface area contributed by atoms with Gasteiger partial charge in [-0.3, -0.25) is 14.5 Å². The summed E-state index contributed by atoms with van der Waals surface area (Å²) >= 11 is 1.46. The summed E-state index contributed by atoms with van der Waals surface area (Å²) in [5, 5.41) is 13.1. The average Bonchev–Trinajstić information content (AvgIpc) is 3.52. The number of anilines is 2. The van der Waals surface area contributed by atoms with Crippen LogP contribution in [0.4, 0.5) is 10.3 Å². The number of benzene rings is 1. The number of nitrogens with one attached hydrogen (secondary N) is 2. The number of nitrogens with zero attached hydrogens (tertiary/aromatic N) is 5. The second kappa shape index (κ2) is 8.85. The quantitative estimate of drug-likeness (QED) is 0.594. The van der Waals surface area contributed by atoms with Crippen LogP contribution in [0.1, 0.15) is 37.1 Å². The topological polar surface area (TPSA) is 107 Å². The summed E-state index contributed by atoms with van der Waals surface area (Å²) in [6.45, 7) is 4.89. The summed E-state index contributed by atoms with van der Waals surface area (Å²) < 4.78 is 0. The molecule has 2 fully saturated rings. The van der Waals surface area contributed by atoms with Crippen LogP contribution in [0.15, 0.2) is 18.2 Å². The van der Waals surface area contributed by atoms with E-state index in [1.54, 1.807) is 4.90 Å². The van der Waals surface area contributed by atoms with E-state index in [1.165, 1.54) is 16.9 Å². The molecule has 0 radical (unpaired) electrons. The smallest absolute Gasteiger partial charge is 0.228 e. The summed E-state index contributed by atoms with van der Waals surface area (Å²) in [5.74, 6) is 1.14. The molecule has 0 unspecified atom stereocenters. The number of amides is 2. The first-order chi connectivity index (χ1) is 15.6. The molecule has 0 bridgehead atoms. The van der Waals surface area contributed by atoms with E-state index in [9.17, 15) is 9.59 Å². The molecule has 2 saturated heterocycles. The van der Waals surface area contributed by atoms with Crippen LogP contribution in [0, 0.1) is 12.8 Å². The summed E-state index contributed by atoms with van der Waals surface area (Å²) in [7, 11) is 0. The third kappa shape index (κ3) is 4.32. The number of imidazole rings is 1. The van der Waals surface area contributed by atoms with E-state index in [-0.39, 0.29) is 17.7 Å². The van der Waals surface area contributed by atoms with Crippen LogP contribution in [0.5, 0.6) is 0 Å². The minimum Gasteiger partial charge on any atom is -0.355 e. The predicted octanol–water partition coefficient (Wildman–Crippen LogP) is 2.42. The van der Waals surface area contributed by atoms with Crippen molar-refractivity contribution in [3.05, 3.63) is 29.6 Å². The highest BCUT2D eigenvalue weighted by atomic mass is 32.1. The van der Waals surface area contributed by atoms with Gasteiger partial charge in [0.25, 0.3) is 0 Å². The zero-order valence-corrected chi connectivity index (χ0v) is 19.0. The first-order valence-corrected chi connectivity index (χ1v) is 12.0. The first kappa shape index (κ1) is 20.9. The van der Waals surface area contributed by atoms with Crippen LogP contribution in [-0.2, 0) is 16.0 Å². The molecule has 2 aromatic heterocycles. The van der Waals surface area contributed by atoms with Crippen LogP contribution in [0.3, 0.4) is 0 Å². The average molecular weight is 454 g/mol. The van der Waals surface area contributed by atoms with Crippen LogP contribution in [0.2, 0.25) is 0 Å². The van der Waals surface area contributed by atoms with Crippen molar-refractivity contribution in [1.82, 2.24) is 25.5 Å². The molecule has 1 aromatic carbocycles. The number of piperidine rings is 1. The lowest BCUT2D eigenvalue weighted by atomic mass is 9.96. The fourth-order valence-electron chi connectivity index (χ4n) is 4.37. The first-order valence-electron chi connectivity index (χ1n) is 11.2. The van der Waals surface area contributed by atoms with Crippen molar-refractivity contribution in [2.45, 2.75) is 39.0 Å². The molecule has 10 heteroatoms. The SMILES string of the molecule is Cc1ccc2nc(CCNC(=O)C3CCN(c4nnc(N5CCCC5=O)s4)CC3)[nH]c2c1. The van der Waals surface area contributed by atoms with E-state index in [1.807, 2.05) is 6.07 Å². The molecule has 9 nitrogen and oxygen atoms in total. The van der Waals surface area contributed by atoms with Gasteiger partial charge in [-0.25, -0.2) is 4.98 Å². The van der Waals surface area contributed by atoms with Crippen molar-refractivity contribution in [3.8, 4) is 0 Å². The Morgan fingerprint density at radius 1 is 1.22 bits per heavy atom. The lowest BCUT2D eigenvalue weighted by Gasteiger charge is -2.30. The molecular formula is C22H27N7O2S. The third-order valence-corrected chi connectivity index (χ3v) is 7.20. The van der Waals surface area contributed by atoms with E-state index in [4.69, 9.17) is 0 Å². The molecule has 0 aliphatic carbocycles. The van der Waals surface area contributed by atoms with Crippen LogP contribution < -0.4 is 15.1 Å². The van der Waals surface area contributed by atoms with E-state index >= 15 is 0 Å². The van der Waals surface area contributed by atoms with Gasteiger partial charge in [0.15, 0.2) is 0 Å². The minimum absolute atomic E-state index is 0.0112. The molecule has 32 heavy (non-hydrogen) atoms. The Hall–Kier alpha value is -3.01. The summed E-state index contributed by atoms with van der Waals surface area (Å²) in [4.78, 5) is 36.4. The molecule has 0 saturated carbocycles. The molecule has 0 spiro atoms. The van der Waals surface area contributed by atoms with Crippen molar-refractivity contribution in [2.75, 3.05) is 36.0 Å². The van der Waals surface area contributed by atoms with Crippen molar-refractivity contribution in [3.63, 3.8) is 0 Å². The van der Waals surface area contributed by atoms with Gasteiger partial charge in [-0.05, 0) is 43.9 Å². The number of hydrogen-bond acceptors (Lipinski definition) is 7. The molecule has 2 N–H and O–H groups in total. The highest BCUT2D eigenvalue weighted by Crippen LogP contribution is 2.32. The highest BCUT2D eigenvalue weighted by Gasteiger charge is 2.29. The number of aromatic nitrogens is 4. The number of rotatable bonds is 6. The van der Waals surface area contributed by atoms with Gasteiger partial charge in [0.05, 0.1) is 11.0 Å². The Balaban J connectivity index is 1.09. The van der Waals surface area contributed by atoms with E-state index in [2.05, 4.69) is 49.4 Å². The Kier molecular flexibility index (Phi) is 5.77. The molecule has 168 valence electrons. The lowest BCUT2D eigenvalue weighted by molar-refractivity contribution is -0.125. The molecule has 2 aliphatic heterocycles. The number of carbonyl (C=O) groups is 2.